The molecule has 3 rings (SSSR count). The number of benzene rings is 1. The molecule has 0 aliphatic heterocycles. The van der Waals surface area contributed by atoms with Crippen LogP contribution in [0.4, 0.5) is 5.95 Å². The fourth-order valence-corrected chi connectivity index (χ4v) is 3.03. The fourth-order valence-electron chi connectivity index (χ4n) is 3.03. The molecule has 148 valence electrons. The highest BCUT2D eigenvalue weighted by molar-refractivity contribution is 5.88. The number of aromatic nitrogens is 5. The number of H-pyrrole nitrogens is 1. The van der Waals surface area contributed by atoms with Crippen molar-refractivity contribution in [3.63, 3.8) is 0 Å². The zero-order chi connectivity index (χ0) is 19.9. The second-order valence-corrected chi connectivity index (χ2v) is 7.32. The van der Waals surface area contributed by atoms with Gasteiger partial charge in [0.05, 0.1) is 17.2 Å². The maximum atomic E-state index is 12.4. The van der Waals surface area contributed by atoms with E-state index in [9.17, 15) is 9.59 Å². The molecule has 0 saturated carbocycles. The molecule has 1 amide bonds. The van der Waals surface area contributed by atoms with Crippen LogP contribution in [0, 0.1) is 5.92 Å². The third-order valence-electron chi connectivity index (χ3n) is 4.42. The molecule has 0 unspecified atom stereocenters. The van der Waals surface area contributed by atoms with Crippen LogP contribution in [0.25, 0.3) is 10.9 Å². The van der Waals surface area contributed by atoms with E-state index in [1.165, 1.54) is 0 Å². The van der Waals surface area contributed by atoms with Crippen molar-refractivity contribution in [3.05, 3.63) is 46.8 Å². The van der Waals surface area contributed by atoms with Crippen molar-refractivity contribution in [1.29, 1.82) is 0 Å². The number of aromatic amines is 1. The van der Waals surface area contributed by atoms with Crippen molar-refractivity contribution >= 4 is 22.8 Å². The van der Waals surface area contributed by atoms with Gasteiger partial charge in [0.2, 0.25) is 11.9 Å². The Morgan fingerprint density at radius 3 is 2.86 bits per heavy atom. The van der Waals surface area contributed by atoms with Gasteiger partial charge in [-0.15, -0.1) is 5.10 Å². The number of amides is 1. The predicted octanol–water partition coefficient (Wildman–Crippen LogP) is 2.91. The number of hydrogen-bond donors (Lipinski definition) is 2. The highest BCUT2D eigenvalue weighted by Crippen LogP contribution is 2.08. The van der Waals surface area contributed by atoms with Crippen LogP contribution in [0.3, 0.4) is 0 Å². The van der Waals surface area contributed by atoms with E-state index in [-0.39, 0.29) is 11.5 Å². The highest BCUT2D eigenvalue weighted by Gasteiger charge is 2.09. The average molecular weight is 382 g/mol. The minimum absolute atomic E-state index is 0.0230. The van der Waals surface area contributed by atoms with Crippen molar-refractivity contribution < 1.29 is 4.79 Å². The second kappa shape index (κ2) is 9.25. The van der Waals surface area contributed by atoms with Crippen LogP contribution < -0.4 is 10.9 Å². The molecule has 0 spiro atoms. The van der Waals surface area contributed by atoms with E-state index < -0.39 is 0 Å². The molecule has 0 bridgehead atoms. The van der Waals surface area contributed by atoms with Crippen LogP contribution in [0.15, 0.2) is 35.4 Å². The number of carbonyl (C=O) groups excluding carboxylic acids is 1. The minimum atomic E-state index is -0.0976. The lowest BCUT2D eigenvalue weighted by Gasteiger charge is -2.06. The summed E-state index contributed by atoms with van der Waals surface area (Å²) in [5.41, 5.74) is 0.689. The van der Waals surface area contributed by atoms with Gasteiger partial charge >= 0.3 is 0 Å². The normalized spacial score (nSPS) is 11.2. The molecule has 0 atom stereocenters. The first-order valence-corrected chi connectivity index (χ1v) is 9.68. The minimum Gasteiger partial charge on any atom is -0.299 e. The lowest BCUT2D eigenvalue weighted by atomic mass is 10.1. The van der Waals surface area contributed by atoms with Crippen molar-refractivity contribution in [2.75, 3.05) is 5.32 Å². The molecular formula is C20H26N6O2. The van der Waals surface area contributed by atoms with E-state index in [4.69, 9.17) is 0 Å². The van der Waals surface area contributed by atoms with E-state index in [0.29, 0.717) is 35.7 Å². The van der Waals surface area contributed by atoms with E-state index in [2.05, 4.69) is 39.3 Å². The lowest BCUT2D eigenvalue weighted by molar-refractivity contribution is -0.116. The van der Waals surface area contributed by atoms with Gasteiger partial charge in [-0.1, -0.05) is 32.4 Å². The van der Waals surface area contributed by atoms with Gasteiger partial charge in [-0.25, -0.2) is 4.98 Å². The third-order valence-corrected chi connectivity index (χ3v) is 4.42. The molecule has 0 fully saturated rings. The summed E-state index contributed by atoms with van der Waals surface area (Å²) in [4.78, 5) is 33.0. The fraction of sp³-hybridized carbons (Fsp3) is 0.450. The Morgan fingerprint density at radius 1 is 1.21 bits per heavy atom. The van der Waals surface area contributed by atoms with Gasteiger partial charge in [0, 0.05) is 19.4 Å². The summed E-state index contributed by atoms with van der Waals surface area (Å²) >= 11 is 0. The molecule has 0 aliphatic carbocycles. The van der Waals surface area contributed by atoms with Crippen molar-refractivity contribution in [2.24, 2.45) is 5.92 Å². The van der Waals surface area contributed by atoms with E-state index in [0.717, 1.165) is 31.5 Å². The van der Waals surface area contributed by atoms with Gasteiger partial charge in [-0.2, -0.15) is 4.98 Å². The number of para-hydroxylation sites is 1. The van der Waals surface area contributed by atoms with Gasteiger partial charge in [0.1, 0.15) is 5.82 Å². The van der Waals surface area contributed by atoms with Gasteiger partial charge in [-0.3, -0.25) is 24.6 Å². The summed E-state index contributed by atoms with van der Waals surface area (Å²) in [7, 11) is 0. The number of rotatable bonds is 9. The highest BCUT2D eigenvalue weighted by atomic mass is 16.1. The van der Waals surface area contributed by atoms with Crippen LogP contribution in [0.5, 0.6) is 0 Å². The number of carbonyl (C=O) groups is 1. The number of aryl methyl sites for hydroxylation is 1. The first-order valence-electron chi connectivity index (χ1n) is 9.68. The largest absolute Gasteiger partial charge is 0.299 e. The number of anilines is 1. The number of hydrogen-bond acceptors (Lipinski definition) is 5. The van der Waals surface area contributed by atoms with Gasteiger partial charge < -0.3 is 0 Å². The SMILES string of the molecule is CC(C)Cc1nc(NC(=O)CCCCCn2cnc3ccccc3c2=O)n[nH]1. The van der Waals surface area contributed by atoms with Crippen molar-refractivity contribution in [1.82, 2.24) is 24.7 Å². The summed E-state index contributed by atoms with van der Waals surface area (Å²) < 4.78 is 1.63. The van der Waals surface area contributed by atoms with Crippen LogP contribution in [0.2, 0.25) is 0 Å². The molecule has 28 heavy (non-hydrogen) atoms. The van der Waals surface area contributed by atoms with E-state index >= 15 is 0 Å². The Morgan fingerprint density at radius 2 is 2.04 bits per heavy atom. The number of fused-ring (bicyclic) bond motifs is 1. The van der Waals surface area contributed by atoms with Crippen LogP contribution in [-0.4, -0.2) is 30.6 Å². The molecular weight excluding hydrogens is 356 g/mol. The maximum absolute atomic E-state index is 12.4. The quantitative estimate of drug-likeness (QED) is 0.554. The first-order chi connectivity index (χ1) is 13.5. The summed E-state index contributed by atoms with van der Waals surface area (Å²) in [6, 6.07) is 7.34. The standard InChI is InChI=1S/C20H26N6O2/c1-14(2)12-17-22-20(25-24-17)23-18(27)10-4-3-7-11-26-13-21-16-9-6-5-8-15(16)19(26)28/h5-6,8-9,13-14H,3-4,7,10-12H2,1-2H3,(H2,22,23,24,25,27). The molecule has 2 N–H and O–H groups in total. The maximum Gasteiger partial charge on any atom is 0.261 e. The van der Waals surface area contributed by atoms with Crippen LogP contribution >= 0.6 is 0 Å². The number of nitrogens with zero attached hydrogens (tertiary/aromatic N) is 4. The Labute approximate surface area is 163 Å². The summed E-state index contributed by atoms with van der Waals surface area (Å²) in [5, 5.41) is 10.2. The lowest BCUT2D eigenvalue weighted by Crippen LogP contribution is -2.20. The second-order valence-electron chi connectivity index (χ2n) is 7.32. The number of nitrogens with one attached hydrogen (secondary N) is 2. The Balaban J connectivity index is 1.40. The Hall–Kier alpha value is -3.03. The van der Waals surface area contributed by atoms with E-state index in [1.54, 1.807) is 17.0 Å². The zero-order valence-corrected chi connectivity index (χ0v) is 16.3. The van der Waals surface area contributed by atoms with Crippen LogP contribution in [-0.2, 0) is 17.8 Å². The van der Waals surface area contributed by atoms with Crippen molar-refractivity contribution in [3.8, 4) is 0 Å². The third kappa shape index (κ3) is 5.25. The van der Waals surface area contributed by atoms with Crippen LogP contribution in [0.1, 0.15) is 45.4 Å². The number of unbranched alkanes of at least 4 members (excludes halogenated alkanes) is 2. The molecule has 0 aliphatic rings. The molecule has 2 aromatic heterocycles. The smallest absolute Gasteiger partial charge is 0.261 e. The van der Waals surface area contributed by atoms with Crippen molar-refractivity contribution in [2.45, 2.75) is 52.5 Å². The molecule has 0 radical (unpaired) electrons. The molecule has 2 heterocycles. The molecule has 8 nitrogen and oxygen atoms in total. The Kier molecular flexibility index (Phi) is 6.52. The van der Waals surface area contributed by atoms with Gasteiger partial charge in [-0.05, 0) is 30.9 Å². The monoisotopic (exact) mass is 382 g/mol. The molecule has 0 saturated heterocycles. The summed E-state index contributed by atoms with van der Waals surface area (Å²) in [5.74, 6) is 1.48. The predicted molar refractivity (Wildman–Crippen MR) is 108 cm³/mol. The van der Waals surface area contributed by atoms with Gasteiger partial charge in [0.15, 0.2) is 0 Å². The van der Waals surface area contributed by atoms with Gasteiger partial charge in [0.25, 0.3) is 5.56 Å². The first kappa shape index (κ1) is 19.7. The Bertz CT molecular complexity index is 992. The summed E-state index contributed by atoms with van der Waals surface area (Å²) in [6.07, 6.45) is 5.19. The molecule has 3 aromatic rings. The zero-order valence-electron chi connectivity index (χ0n) is 16.3. The summed E-state index contributed by atoms with van der Waals surface area (Å²) in [6.45, 7) is 4.80. The topological polar surface area (TPSA) is 106 Å². The van der Waals surface area contributed by atoms with E-state index in [1.807, 2.05) is 18.2 Å². The molecule has 8 heteroatoms. The average Bonchev–Trinajstić information content (AvgIpc) is 3.09. The molecule has 1 aromatic carbocycles.